The number of methoxy groups -OCH3 is 1. The summed E-state index contributed by atoms with van der Waals surface area (Å²) in [6.07, 6.45) is -1.65. The first-order valence-electron chi connectivity index (χ1n) is 10.1. The van der Waals surface area contributed by atoms with Crippen molar-refractivity contribution in [3.63, 3.8) is 0 Å². The summed E-state index contributed by atoms with van der Waals surface area (Å²) >= 11 is 2.09. The molecule has 9 heteroatoms. The maximum Gasteiger partial charge on any atom is 0.302 e. The van der Waals surface area contributed by atoms with Crippen molar-refractivity contribution in [2.75, 3.05) is 20.3 Å². The molecule has 0 aromatic heterocycles. The summed E-state index contributed by atoms with van der Waals surface area (Å²) < 4.78 is 17.1. The number of hydrogen-bond acceptors (Lipinski definition) is 6. The van der Waals surface area contributed by atoms with E-state index in [2.05, 4.69) is 27.9 Å². The number of carbonyl (C=O) groups is 3. The van der Waals surface area contributed by atoms with Crippen LogP contribution in [-0.4, -0.2) is 61.4 Å². The predicted molar refractivity (Wildman–Crippen MR) is 125 cm³/mol. The van der Waals surface area contributed by atoms with Crippen LogP contribution in [0.2, 0.25) is 0 Å². The van der Waals surface area contributed by atoms with Gasteiger partial charge in [-0.05, 0) is 40.3 Å². The first-order valence-corrected chi connectivity index (χ1v) is 11.2. The van der Waals surface area contributed by atoms with Gasteiger partial charge in [-0.25, -0.2) is 0 Å². The molecule has 1 aliphatic rings. The van der Waals surface area contributed by atoms with Gasteiger partial charge in [-0.3, -0.25) is 14.4 Å². The fraction of sp³-hybridized carbons (Fsp3) is 0.348. The second kappa shape index (κ2) is 11.4. The molecule has 2 amide bonds. The number of rotatable bonds is 7. The lowest BCUT2D eigenvalue weighted by atomic mass is 10.0. The third kappa shape index (κ3) is 6.05. The quantitative estimate of drug-likeness (QED) is 0.419. The Bertz CT molecular complexity index is 955. The van der Waals surface area contributed by atoms with E-state index in [9.17, 15) is 14.4 Å². The van der Waals surface area contributed by atoms with Crippen LogP contribution in [0.3, 0.4) is 0 Å². The highest BCUT2D eigenvalue weighted by atomic mass is 127. The number of nitrogens with zero attached hydrogens (tertiary/aromatic N) is 1. The van der Waals surface area contributed by atoms with E-state index in [0.717, 1.165) is 9.13 Å². The van der Waals surface area contributed by atoms with Crippen LogP contribution in [0.25, 0.3) is 0 Å². The van der Waals surface area contributed by atoms with Gasteiger partial charge in [0.2, 0.25) is 5.91 Å². The van der Waals surface area contributed by atoms with Crippen molar-refractivity contribution in [3.8, 4) is 0 Å². The molecular formula is C23H25IN2O6. The maximum atomic E-state index is 13.5. The molecule has 0 radical (unpaired) electrons. The van der Waals surface area contributed by atoms with Gasteiger partial charge in [0, 0.05) is 24.1 Å². The predicted octanol–water partition coefficient (Wildman–Crippen LogP) is 2.35. The molecule has 0 saturated carbocycles. The van der Waals surface area contributed by atoms with Gasteiger partial charge in [0.25, 0.3) is 5.91 Å². The molecule has 1 N–H and O–H groups in total. The van der Waals surface area contributed by atoms with Crippen LogP contribution in [0, 0.1) is 3.57 Å². The third-order valence-corrected chi connectivity index (χ3v) is 5.96. The van der Waals surface area contributed by atoms with Crippen LogP contribution >= 0.6 is 22.6 Å². The van der Waals surface area contributed by atoms with E-state index in [4.69, 9.17) is 14.2 Å². The molecule has 0 spiro atoms. The smallest absolute Gasteiger partial charge is 0.302 e. The minimum absolute atomic E-state index is 0.0559. The van der Waals surface area contributed by atoms with Gasteiger partial charge in [-0.15, -0.1) is 0 Å². The highest BCUT2D eigenvalue weighted by molar-refractivity contribution is 14.1. The Labute approximate surface area is 200 Å². The van der Waals surface area contributed by atoms with Crippen molar-refractivity contribution in [2.45, 2.75) is 31.9 Å². The number of hydrogen-bond donors (Lipinski definition) is 1. The van der Waals surface area contributed by atoms with Crippen molar-refractivity contribution >= 4 is 40.4 Å². The Morgan fingerprint density at radius 2 is 1.81 bits per heavy atom. The SMILES string of the molecule is COC1CN(C(=O)c2ccccc2I)C(C(=O)NCc2ccccc2)C(COC(C)=O)O1. The zero-order chi connectivity index (χ0) is 23.1. The number of amides is 2. The van der Waals surface area contributed by atoms with E-state index in [-0.39, 0.29) is 25.6 Å². The average Bonchev–Trinajstić information content (AvgIpc) is 2.81. The number of ether oxygens (including phenoxy) is 3. The molecule has 3 rings (SSSR count). The van der Waals surface area contributed by atoms with Crippen LogP contribution in [0.4, 0.5) is 0 Å². The van der Waals surface area contributed by atoms with Gasteiger partial charge in [0.05, 0.1) is 12.1 Å². The van der Waals surface area contributed by atoms with Crippen LogP contribution in [-0.2, 0) is 30.3 Å². The Balaban J connectivity index is 1.89. The van der Waals surface area contributed by atoms with Crippen molar-refractivity contribution in [3.05, 3.63) is 69.3 Å². The van der Waals surface area contributed by atoms with Gasteiger partial charge < -0.3 is 24.4 Å². The third-order valence-electron chi connectivity index (χ3n) is 5.02. The Hall–Kier alpha value is -2.50. The van der Waals surface area contributed by atoms with Crippen molar-refractivity contribution in [1.82, 2.24) is 10.2 Å². The Morgan fingerprint density at radius 3 is 2.47 bits per heavy atom. The summed E-state index contributed by atoms with van der Waals surface area (Å²) in [6, 6.07) is 15.6. The van der Waals surface area contributed by atoms with Crippen molar-refractivity contribution in [1.29, 1.82) is 0 Å². The second-order valence-electron chi connectivity index (χ2n) is 7.23. The Kier molecular flexibility index (Phi) is 8.60. The van der Waals surface area contributed by atoms with Crippen LogP contribution < -0.4 is 5.32 Å². The van der Waals surface area contributed by atoms with Crippen molar-refractivity contribution < 1.29 is 28.6 Å². The van der Waals surface area contributed by atoms with E-state index in [0.29, 0.717) is 5.56 Å². The molecule has 3 atom stereocenters. The van der Waals surface area contributed by atoms with Gasteiger partial charge in [-0.1, -0.05) is 42.5 Å². The number of benzene rings is 2. The number of halogens is 1. The minimum atomic E-state index is -1.01. The maximum absolute atomic E-state index is 13.5. The lowest BCUT2D eigenvalue weighted by Gasteiger charge is -2.43. The van der Waals surface area contributed by atoms with E-state index in [1.54, 1.807) is 12.1 Å². The zero-order valence-electron chi connectivity index (χ0n) is 17.8. The lowest BCUT2D eigenvalue weighted by Crippen LogP contribution is -2.63. The number of morpholine rings is 1. The number of esters is 1. The molecule has 1 saturated heterocycles. The number of nitrogens with one attached hydrogen (secondary N) is 1. The summed E-state index contributed by atoms with van der Waals surface area (Å²) in [7, 11) is 1.46. The normalized spacial score (nSPS) is 20.5. The van der Waals surface area contributed by atoms with Crippen LogP contribution in [0.15, 0.2) is 54.6 Å². The van der Waals surface area contributed by atoms with Crippen LogP contribution in [0.1, 0.15) is 22.8 Å². The summed E-state index contributed by atoms with van der Waals surface area (Å²) in [6.45, 7) is 1.43. The Morgan fingerprint density at radius 1 is 1.12 bits per heavy atom. The van der Waals surface area contributed by atoms with Crippen LogP contribution in [0.5, 0.6) is 0 Å². The molecule has 2 aromatic rings. The average molecular weight is 552 g/mol. The summed E-state index contributed by atoms with van der Waals surface area (Å²) in [5.74, 6) is -1.24. The van der Waals surface area contributed by atoms with Crippen molar-refractivity contribution in [2.24, 2.45) is 0 Å². The largest absolute Gasteiger partial charge is 0.463 e. The van der Waals surface area contributed by atoms with E-state index in [1.165, 1.54) is 18.9 Å². The molecule has 1 heterocycles. The van der Waals surface area contributed by atoms with Gasteiger partial charge in [0.15, 0.2) is 6.29 Å². The molecule has 2 aromatic carbocycles. The highest BCUT2D eigenvalue weighted by Crippen LogP contribution is 2.24. The molecule has 32 heavy (non-hydrogen) atoms. The topological polar surface area (TPSA) is 94.2 Å². The fourth-order valence-electron chi connectivity index (χ4n) is 3.45. The fourth-order valence-corrected chi connectivity index (χ4v) is 4.06. The number of carbonyl (C=O) groups excluding carboxylic acids is 3. The first kappa shape index (κ1) is 24.1. The highest BCUT2D eigenvalue weighted by Gasteiger charge is 2.44. The second-order valence-corrected chi connectivity index (χ2v) is 8.39. The minimum Gasteiger partial charge on any atom is -0.463 e. The molecule has 8 nitrogen and oxygen atoms in total. The van der Waals surface area contributed by atoms with E-state index >= 15 is 0 Å². The zero-order valence-corrected chi connectivity index (χ0v) is 20.0. The molecule has 170 valence electrons. The summed E-state index contributed by atoms with van der Waals surface area (Å²) in [4.78, 5) is 39.6. The molecule has 0 aliphatic carbocycles. The monoisotopic (exact) mass is 552 g/mol. The summed E-state index contributed by atoms with van der Waals surface area (Å²) in [5, 5.41) is 2.87. The standard InChI is InChI=1S/C23H25IN2O6/c1-15(27)31-14-19-21(22(28)25-12-16-8-4-3-5-9-16)26(13-20(30-2)32-19)23(29)17-10-6-7-11-18(17)24/h3-11,19-21H,12-14H2,1-2H3,(H,25,28). The molecule has 0 bridgehead atoms. The lowest BCUT2D eigenvalue weighted by molar-refractivity contribution is -0.219. The van der Waals surface area contributed by atoms with Gasteiger partial charge >= 0.3 is 5.97 Å². The van der Waals surface area contributed by atoms with Gasteiger partial charge in [-0.2, -0.15) is 0 Å². The van der Waals surface area contributed by atoms with E-state index < -0.39 is 30.3 Å². The van der Waals surface area contributed by atoms with Gasteiger partial charge in [0.1, 0.15) is 18.8 Å². The molecule has 1 fully saturated rings. The molecular weight excluding hydrogens is 527 g/mol. The molecule has 1 aliphatic heterocycles. The summed E-state index contributed by atoms with van der Waals surface area (Å²) in [5.41, 5.74) is 1.39. The van der Waals surface area contributed by atoms with E-state index in [1.807, 2.05) is 42.5 Å². The molecule has 3 unspecified atom stereocenters. The first-order chi connectivity index (χ1) is 15.4.